The number of hydrogen-bond donors (Lipinski definition) is 1. The Labute approximate surface area is 131 Å². The van der Waals surface area contributed by atoms with Crippen LogP contribution in [0.1, 0.15) is 48.1 Å². The van der Waals surface area contributed by atoms with Gasteiger partial charge in [0.05, 0.1) is 11.5 Å². The van der Waals surface area contributed by atoms with E-state index in [1.807, 2.05) is 19.1 Å². The van der Waals surface area contributed by atoms with Crippen LogP contribution in [-0.2, 0) is 10.2 Å². The second-order valence-electron chi connectivity index (χ2n) is 6.43. The van der Waals surface area contributed by atoms with E-state index in [-0.39, 0.29) is 17.4 Å². The molecule has 22 heavy (non-hydrogen) atoms. The first-order chi connectivity index (χ1) is 10.5. The summed E-state index contributed by atoms with van der Waals surface area (Å²) in [7, 11) is 0. The molecule has 3 rings (SSSR count). The molecule has 1 aliphatic carbocycles. The molecule has 1 aromatic heterocycles. The molecular weight excluding hydrogens is 272 g/mol. The minimum absolute atomic E-state index is 0.00104. The van der Waals surface area contributed by atoms with Crippen LogP contribution >= 0.6 is 0 Å². The zero-order chi connectivity index (χ0) is 15.7. The lowest BCUT2D eigenvalue weighted by Gasteiger charge is -2.21. The van der Waals surface area contributed by atoms with Gasteiger partial charge in [-0.3, -0.25) is 9.78 Å². The van der Waals surface area contributed by atoms with E-state index < -0.39 is 0 Å². The van der Waals surface area contributed by atoms with E-state index in [0.29, 0.717) is 0 Å². The average molecular weight is 294 g/mol. The van der Waals surface area contributed by atoms with Crippen LogP contribution in [0.5, 0.6) is 0 Å². The van der Waals surface area contributed by atoms with Gasteiger partial charge in [0.2, 0.25) is 5.91 Å². The maximum Gasteiger partial charge on any atom is 0.231 e. The van der Waals surface area contributed by atoms with Gasteiger partial charge >= 0.3 is 0 Å². The second kappa shape index (κ2) is 5.56. The van der Waals surface area contributed by atoms with Crippen LogP contribution in [0.25, 0.3) is 0 Å². The van der Waals surface area contributed by atoms with Crippen molar-refractivity contribution < 1.29 is 4.79 Å². The minimum Gasteiger partial charge on any atom is -0.349 e. The van der Waals surface area contributed by atoms with Crippen molar-refractivity contribution in [1.82, 2.24) is 10.3 Å². The Hall–Kier alpha value is -2.16. The zero-order valence-electron chi connectivity index (χ0n) is 13.4. The minimum atomic E-state index is -0.321. The summed E-state index contributed by atoms with van der Waals surface area (Å²) in [4.78, 5) is 16.8. The van der Waals surface area contributed by atoms with Crippen LogP contribution in [0.15, 0.2) is 42.7 Å². The molecule has 1 amide bonds. The van der Waals surface area contributed by atoms with Crippen molar-refractivity contribution in [3.05, 3.63) is 65.0 Å². The van der Waals surface area contributed by atoms with Crippen LogP contribution in [0.4, 0.5) is 0 Å². The zero-order valence-corrected chi connectivity index (χ0v) is 13.4. The fourth-order valence-corrected chi connectivity index (χ4v) is 3.09. The Balaban J connectivity index is 1.80. The Bertz CT molecular complexity index is 670. The lowest BCUT2D eigenvalue weighted by molar-refractivity contribution is -0.124. The fraction of sp³-hybridized carbons (Fsp3) is 0.368. The Kier molecular flexibility index (Phi) is 3.73. The van der Waals surface area contributed by atoms with E-state index in [9.17, 15) is 4.79 Å². The van der Waals surface area contributed by atoms with Crippen molar-refractivity contribution in [2.45, 2.75) is 45.1 Å². The summed E-state index contributed by atoms with van der Waals surface area (Å²) in [5.74, 6) is 0.141. The maximum absolute atomic E-state index is 12.8. The predicted molar refractivity (Wildman–Crippen MR) is 87.6 cm³/mol. The number of benzene rings is 1. The summed E-state index contributed by atoms with van der Waals surface area (Å²) in [5, 5.41) is 3.17. The molecule has 1 heterocycles. The third-order valence-electron chi connectivity index (χ3n) is 4.51. The Morgan fingerprint density at radius 3 is 2.27 bits per heavy atom. The van der Waals surface area contributed by atoms with Gasteiger partial charge in [-0.25, -0.2) is 0 Å². The third kappa shape index (κ3) is 2.76. The number of nitrogens with one attached hydrogen (secondary N) is 1. The topological polar surface area (TPSA) is 42.0 Å². The number of rotatable bonds is 4. The van der Waals surface area contributed by atoms with Gasteiger partial charge in [-0.15, -0.1) is 0 Å². The number of amides is 1. The molecular formula is C19H22N2O. The Morgan fingerprint density at radius 2 is 1.73 bits per heavy atom. The number of pyridine rings is 1. The van der Waals surface area contributed by atoms with Crippen molar-refractivity contribution in [1.29, 1.82) is 0 Å². The van der Waals surface area contributed by atoms with E-state index >= 15 is 0 Å². The molecule has 0 radical (unpaired) electrons. The average Bonchev–Trinajstić information content (AvgIpc) is 3.29. The van der Waals surface area contributed by atoms with E-state index in [4.69, 9.17) is 0 Å². The number of hydrogen-bond acceptors (Lipinski definition) is 2. The number of aromatic nitrogens is 1. The molecule has 0 bridgehead atoms. The van der Waals surface area contributed by atoms with E-state index in [1.54, 1.807) is 12.4 Å². The number of carbonyl (C=O) groups is 1. The van der Waals surface area contributed by atoms with Crippen molar-refractivity contribution in [2.75, 3.05) is 0 Å². The second-order valence-corrected chi connectivity index (χ2v) is 6.43. The quantitative estimate of drug-likeness (QED) is 0.936. The van der Waals surface area contributed by atoms with Gasteiger partial charge in [0.1, 0.15) is 0 Å². The third-order valence-corrected chi connectivity index (χ3v) is 4.51. The summed E-state index contributed by atoms with van der Waals surface area (Å²) in [6, 6.07) is 10.3. The number of nitrogens with zero attached hydrogens (tertiary/aromatic N) is 1. The van der Waals surface area contributed by atoms with Crippen LogP contribution in [0, 0.1) is 13.8 Å². The largest absolute Gasteiger partial charge is 0.349 e. The summed E-state index contributed by atoms with van der Waals surface area (Å²) in [5.41, 5.74) is 4.36. The van der Waals surface area contributed by atoms with Crippen LogP contribution in [0.2, 0.25) is 0 Å². The highest BCUT2D eigenvalue weighted by Gasteiger charge is 2.51. The van der Waals surface area contributed by atoms with Gasteiger partial charge in [0.25, 0.3) is 0 Å². The first-order valence-electron chi connectivity index (χ1n) is 7.81. The smallest absolute Gasteiger partial charge is 0.231 e. The molecule has 1 atom stereocenters. The highest BCUT2D eigenvalue weighted by molar-refractivity contribution is 5.91. The molecule has 0 saturated heterocycles. The molecule has 1 aromatic carbocycles. The summed E-state index contributed by atoms with van der Waals surface area (Å²) in [6.07, 6.45) is 5.39. The molecule has 2 aromatic rings. The van der Waals surface area contributed by atoms with Gasteiger partial charge in [-0.2, -0.15) is 0 Å². The lowest BCUT2D eigenvalue weighted by Crippen LogP contribution is -2.36. The molecule has 1 saturated carbocycles. The summed E-state index contributed by atoms with van der Waals surface area (Å²) >= 11 is 0. The SMILES string of the molecule is Cc1cc(C)cc(C2(C(=O)N[C@H](C)c3ccncc3)CC2)c1. The summed E-state index contributed by atoms with van der Waals surface area (Å²) < 4.78 is 0. The molecule has 1 N–H and O–H groups in total. The van der Waals surface area contributed by atoms with Gasteiger partial charge in [-0.05, 0) is 56.9 Å². The Morgan fingerprint density at radius 1 is 1.14 bits per heavy atom. The van der Waals surface area contributed by atoms with Crippen molar-refractivity contribution >= 4 is 5.91 Å². The fourth-order valence-electron chi connectivity index (χ4n) is 3.09. The molecule has 3 nitrogen and oxygen atoms in total. The first-order valence-corrected chi connectivity index (χ1v) is 7.81. The van der Waals surface area contributed by atoms with Crippen molar-refractivity contribution in [3.63, 3.8) is 0 Å². The summed E-state index contributed by atoms with van der Waals surface area (Å²) in [6.45, 7) is 6.19. The molecule has 0 aliphatic heterocycles. The van der Waals surface area contributed by atoms with E-state index in [0.717, 1.165) is 24.0 Å². The lowest BCUT2D eigenvalue weighted by atomic mass is 9.91. The molecule has 1 fully saturated rings. The normalized spacial score (nSPS) is 16.9. The highest BCUT2D eigenvalue weighted by Crippen LogP contribution is 2.49. The van der Waals surface area contributed by atoms with Crippen LogP contribution in [-0.4, -0.2) is 10.9 Å². The molecule has 0 spiro atoms. The number of aryl methyl sites for hydroxylation is 2. The van der Waals surface area contributed by atoms with Gasteiger partial charge in [-0.1, -0.05) is 29.3 Å². The maximum atomic E-state index is 12.8. The van der Waals surface area contributed by atoms with Gasteiger partial charge < -0.3 is 5.32 Å². The number of carbonyl (C=O) groups excluding carboxylic acids is 1. The monoisotopic (exact) mass is 294 g/mol. The van der Waals surface area contributed by atoms with Crippen molar-refractivity contribution in [2.24, 2.45) is 0 Å². The van der Waals surface area contributed by atoms with E-state index in [2.05, 4.69) is 42.3 Å². The highest BCUT2D eigenvalue weighted by atomic mass is 16.2. The standard InChI is InChI=1S/C19H22N2O/c1-13-10-14(2)12-17(11-13)19(6-7-19)18(22)21-15(3)16-4-8-20-9-5-16/h4-5,8-12,15H,6-7H2,1-3H3,(H,21,22)/t15-/m1/s1. The molecule has 0 unspecified atom stereocenters. The van der Waals surface area contributed by atoms with Crippen LogP contribution < -0.4 is 5.32 Å². The van der Waals surface area contributed by atoms with Gasteiger partial charge in [0, 0.05) is 12.4 Å². The molecule has 114 valence electrons. The predicted octanol–water partition coefficient (Wildman–Crippen LogP) is 3.61. The van der Waals surface area contributed by atoms with Crippen LogP contribution in [0.3, 0.4) is 0 Å². The molecule has 1 aliphatic rings. The molecule has 3 heteroatoms. The first kappa shape index (κ1) is 14.8. The van der Waals surface area contributed by atoms with E-state index in [1.165, 1.54) is 11.1 Å². The van der Waals surface area contributed by atoms with Crippen molar-refractivity contribution in [3.8, 4) is 0 Å². The van der Waals surface area contributed by atoms with Gasteiger partial charge in [0.15, 0.2) is 0 Å².